The van der Waals surface area contributed by atoms with E-state index in [1.807, 2.05) is 43.3 Å². The number of ether oxygens (including phenoxy) is 2. The number of amides is 1. The van der Waals surface area contributed by atoms with Crippen LogP contribution in [-0.2, 0) is 4.79 Å². The fourth-order valence-electron chi connectivity index (χ4n) is 1.95. The summed E-state index contributed by atoms with van der Waals surface area (Å²) in [5.74, 6) is 1.17. The van der Waals surface area contributed by atoms with Crippen molar-refractivity contribution < 1.29 is 14.3 Å². The smallest absolute Gasteiger partial charge is 0.257 e. The van der Waals surface area contributed by atoms with E-state index >= 15 is 0 Å². The van der Waals surface area contributed by atoms with Gasteiger partial charge in [0, 0.05) is 6.54 Å². The molecule has 0 atom stereocenters. The molecule has 0 fully saturated rings. The predicted molar refractivity (Wildman–Crippen MR) is 91.2 cm³/mol. The molecule has 1 amide bonds. The van der Waals surface area contributed by atoms with E-state index in [0.29, 0.717) is 23.9 Å². The third-order valence-corrected chi connectivity index (χ3v) is 3.41. The van der Waals surface area contributed by atoms with Crippen LogP contribution in [0, 0.1) is 6.92 Å². The van der Waals surface area contributed by atoms with E-state index in [1.165, 1.54) is 0 Å². The highest BCUT2D eigenvalue weighted by molar-refractivity contribution is 6.32. The highest BCUT2D eigenvalue weighted by atomic mass is 35.5. The maximum atomic E-state index is 11.7. The van der Waals surface area contributed by atoms with Gasteiger partial charge in [-0.05, 0) is 43.2 Å². The summed E-state index contributed by atoms with van der Waals surface area (Å²) >= 11 is 5.95. The van der Waals surface area contributed by atoms with Crippen LogP contribution in [-0.4, -0.2) is 25.7 Å². The van der Waals surface area contributed by atoms with Gasteiger partial charge in [-0.15, -0.1) is 0 Å². The van der Waals surface area contributed by atoms with Crippen molar-refractivity contribution in [3.05, 3.63) is 59.1 Å². The number of carbonyl (C=O) groups is 1. The van der Waals surface area contributed by atoms with Crippen molar-refractivity contribution in [3.8, 4) is 11.5 Å². The third-order valence-electron chi connectivity index (χ3n) is 3.10. The number of carbonyl (C=O) groups excluding carboxylic acids is 1. The van der Waals surface area contributed by atoms with E-state index in [0.717, 1.165) is 17.7 Å². The van der Waals surface area contributed by atoms with Crippen LogP contribution in [0.15, 0.2) is 48.5 Å². The van der Waals surface area contributed by atoms with Crippen LogP contribution in [0.3, 0.4) is 0 Å². The van der Waals surface area contributed by atoms with Crippen LogP contribution in [0.1, 0.15) is 12.0 Å². The van der Waals surface area contributed by atoms with Gasteiger partial charge in [-0.25, -0.2) is 0 Å². The number of nitrogens with one attached hydrogen (secondary N) is 1. The molecule has 2 rings (SSSR count). The van der Waals surface area contributed by atoms with Crippen LogP contribution >= 0.6 is 11.6 Å². The zero-order chi connectivity index (χ0) is 16.5. The molecule has 2 aromatic rings. The molecule has 0 bridgehead atoms. The molecule has 0 aromatic heterocycles. The number of rotatable bonds is 8. The topological polar surface area (TPSA) is 47.6 Å². The minimum absolute atomic E-state index is 0.0531. The maximum Gasteiger partial charge on any atom is 0.257 e. The monoisotopic (exact) mass is 333 g/mol. The summed E-state index contributed by atoms with van der Waals surface area (Å²) in [6, 6.07) is 14.9. The van der Waals surface area contributed by atoms with Gasteiger partial charge in [0.25, 0.3) is 5.91 Å². The number of benzene rings is 2. The molecule has 2 aromatic carbocycles. The average molecular weight is 334 g/mol. The molecular formula is C18H20ClNO3. The molecule has 0 spiro atoms. The molecular weight excluding hydrogens is 314 g/mol. The molecule has 0 aliphatic heterocycles. The second-order valence-corrected chi connectivity index (χ2v) is 5.49. The molecule has 0 saturated carbocycles. The molecule has 0 unspecified atom stereocenters. The Morgan fingerprint density at radius 2 is 1.96 bits per heavy atom. The SMILES string of the molecule is Cc1cccc(OCCCNC(=O)COc2ccccc2Cl)c1. The number of para-hydroxylation sites is 1. The Balaban J connectivity index is 1.59. The zero-order valence-electron chi connectivity index (χ0n) is 13.0. The Morgan fingerprint density at radius 1 is 1.13 bits per heavy atom. The van der Waals surface area contributed by atoms with E-state index in [-0.39, 0.29) is 12.5 Å². The Kier molecular flexibility index (Phi) is 6.76. The summed E-state index contributed by atoms with van der Waals surface area (Å²) < 4.78 is 11.0. The van der Waals surface area contributed by atoms with Crippen LogP contribution < -0.4 is 14.8 Å². The first-order valence-corrected chi connectivity index (χ1v) is 7.86. The molecule has 1 N–H and O–H groups in total. The highest BCUT2D eigenvalue weighted by Gasteiger charge is 2.04. The van der Waals surface area contributed by atoms with Crippen molar-refractivity contribution in [3.63, 3.8) is 0 Å². The third kappa shape index (κ3) is 6.20. The number of aryl methyl sites for hydroxylation is 1. The zero-order valence-corrected chi connectivity index (χ0v) is 13.8. The van der Waals surface area contributed by atoms with Gasteiger partial charge in [-0.1, -0.05) is 35.9 Å². The number of halogens is 1. The van der Waals surface area contributed by atoms with Crippen molar-refractivity contribution in [2.24, 2.45) is 0 Å². The second-order valence-electron chi connectivity index (χ2n) is 5.09. The van der Waals surface area contributed by atoms with Crippen molar-refractivity contribution in [2.45, 2.75) is 13.3 Å². The molecule has 0 aliphatic rings. The van der Waals surface area contributed by atoms with Crippen molar-refractivity contribution in [1.29, 1.82) is 0 Å². The van der Waals surface area contributed by atoms with Gasteiger partial charge in [0.1, 0.15) is 11.5 Å². The van der Waals surface area contributed by atoms with Crippen molar-refractivity contribution in [2.75, 3.05) is 19.8 Å². The largest absolute Gasteiger partial charge is 0.494 e. The van der Waals surface area contributed by atoms with E-state index in [1.54, 1.807) is 12.1 Å². The van der Waals surface area contributed by atoms with Gasteiger partial charge in [-0.2, -0.15) is 0 Å². The normalized spacial score (nSPS) is 10.2. The lowest BCUT2D eigenvalue weighted by Crippen LogP contribution is -2.30. The summed E-state index contributed by atoms with van der Waals surface area (Å²) in [6.45, 7) is 3.06. The summed E-state index contributed by atoms with van der Waals surface area (Å²) in [5, 5.41) is 3.28. The lowest BCUT2D eigenvalue weighted by Gasteiger charge is -2.09. The number of hydrogen-bond donors (Lipinski definition) is 1. The minimum atomic E-state index is -0.180. The van der Waals surface area contributed by atoms with Crippen LogP contribution in [0.5, 0.6) is 11.5 Å². The van der Waals surface area contributed by atoms with Gasteiger partial charge in [0.05, 0.1) is 11.6 Å². The van der Waals surface area contributed by atoms with Gasteiger partial charge in [0.15, 0.2) is 6.61 Å². The van der Waals surface area contributed by atoms with Crippen molar-refractivity contribution in [1.82, 2.24) is 5.32 Å². The number of hydrogen-bond acceptors (Lipinski definition) is 3. The molecule has 4 nitrogen and oxygen atoms in total. The minimum Gasteiger partial charge on any atom is -0.494 e. The Morgan fingerprint density at radius 3 is 2.74 bits per heavy atom. The summed E-state index contributed by atoms with van der Waals surface area (Å²) in [7, 11) is 0. The van der Waals surface area contributed by atoms with E-state index in [4.69, 9.17) is 21.1 Å². The summed E-state index contributed by atoms with van der Waals surface area (Å²) in [6.07, 6.45) is 0.728. The Labute approximate surface area is 141 Å². The van der Waals surface area contributed by atoms with E-state index in [9.17, 15) is 4.79 Å². The standard InChI is InChI=1S/C18H20ClNO3/c1-14-6-4-7-15(12-14)22-11-5-10-20-18(21)13-23-17-9-3-2-8-16(17)19/h2-4,6-9,12H,5,10-11,13H2,1H3,(H,20,21). The van der Waals surface area contributed by atoms with Gasteiger partial charge in [0.2, 0.25) is 0 Å². The summed E-state index contributed by atoms with van der Waals surface area (Å²) in [5.41, 5.74) is 1.16. The van der Waals surface area contributed by atoms with Crippen molar-refractivity contribution >= 4 is 17.5 Å². The van der Waals surface area contributed by atoms with Gasteiger partial charge >= 0.3 is 0 Å². The second kappa shape index (κ2) is 9.06. The first kappa shape index (κ1) is 17.2. The lowest BCUT2D eigenvalue weighted by atomic mass is 10.2. The fourth-order valence-corrected chi connectivity index (χ4v) is 2.14. The van der Waals surface area contributed by atoms with E-state index < -0.39 is 0 Å². The maximum absolute atomic E-state index is 11.7. The molecule has 0 saturated heterocycles. The quantitative estimate of drug-likeness (QED) is 0.751. The molecule has 0 aliphatic carbocycles. The first-order valence-electron chi connectivity index (χ1n) is 7.48. The highest BCUT2D eigenvalue weighted by Crippen LogP contribution is 2.22. The lowest BCUT2D eigenvalue weighted by molar-refractivity contribution is -0.123. The van der Waals surface area contributed by atoms with E-state index in [2.05, 4.69) is 5.32 Å². The Bertz CT molecular complexity index is 646. The summed E-state index contributed by atoms with van der Waals surface area (Å²) in [4.78, 5) is 11.7. The van der Waals surface area contributed by atoms with Crippen LogP contribution in [0.2, 0.25) is 5.02 Å². The molecule has 0 heterocycles. The van der Waals surface area contributed by atoms with Crippen LogP contribution in [0.25, 0.3) is 0 Å². The molecule has 122 valence electrons. The predicted octanol–water partition coefficient (Wildman–Crippen LogP) is 3.61. The average Bonchev–Trinajstić information content (AvgIpc) is 2.54. The molecule has 23 heavy (non-hydrogen) atoms. The van der Waals surface area contributed by atoms with Crippen LogP contribution in [0.4, 0.5) is 0 Å². The fraction of sp³-hybridized carbons (Fsp3) is 0.278. The first-order chi connectivity index (χ1) is 11.1. The van der Waals surface area contributed by atoms with Gasteiger partial charge in [-0.3, -0.25) is 4.79 Å². The Hall–Kier alpha value is -2.20. The van der Waals surface area contributed by atoms with Gasteiger partial charge < -0.3 is 14.8 Å². The molecule has 5 heteroatoms. The molecule has 0 radical (unpaired) electrons.